The zero-order valence-electron chi connectivity index (χ0n) is 17.8. The summed E-state index contributed by atoms with van der Waals surface area (Å²) in [5.41, 5.74) is 7.24. The maximum absolute atomic E-state index is 12.8. The number of halogens is 3. The zero-order valence-corrected chi connectivity index (χ0v) is 17.8. The van der Waals surface area contributed by atoms with Crippen molar-refractivity contribution in [2.75, 3.05) is 10.2 Å². The molecule has 3 N–H and O–H groups in total. The van der Waals surface area contributed by atoms with Gasteiger partial charge in [0.05, 0.1) is 12.0 Å². The van der Waals surface area contributed by atoms with Crippen molar-refractivity contribution in [3.8, 4) is 0 Å². The highest BCUT2D eigenvalue weighted by molar-refractivity contribution is 5.76. The second kappa shape index (κ2) is 9.48. The number of carbonyl (C=O) groups excluding carboxylic acids is 1. The quantitative estimate of drug-likeness (QED) is 0.503. The van der Waals surface area contributed by atoms with Crippen LogP contribution in [0.2, 0.25) is 0 Å². The molecule has 3 aromatic rings. The van der Waals surface area contributed by atoms with Crippen molar-refractivity contribution in [2.24, 2.45) is 5.73 Å². The summed E-state index contributed by atoms with van der Waals surface area (Å²) in [6, 6.07) is 15.0. The standard InChI is InChI=1S/C24H24F3N5O/c25-24(26,27)19-7-5-18(6-8-19)14-32(20-9-10-20)23-12-22(30-15-31-23)29-13-17-3-1-16(2-4-17)11-21(28)33/h1-8,12,15,20H,9-11,13-14H2,(H2,28,33)(H,29,30,31). The lowest BCUT2D eigenvalue weighted by Crippen LogP contribution is -2.26. The Morgan fingerprint density at radius 1 is 1.00 bits per heavy atom. The number of aromatic nitrogens is 2. The highest BCUT2D eigenvalue weighted by atomic mass is 19.4. The average molecular weight is 455 g/mol. The predicted octanol–water partition coefficient (Wildman–Crippen LogP) is 4.30. The molecule has 1 aliphatic carbocycles. The topological polar surface area (TPSA) is 84.1 Å². The summed E-state index contributed by atoms with van der Waals surface area (Å²) in [7, 11) is 0. The van der Waals surface area contributed by atoms with Crippen LogP contribution < -0.4 is 16.0 Å². The minimum absolute atomic E-state index is 0.207. The van der Waals surface area contributed by atoms with Crippen molar-refractivity contribution in [1.29, 1.82) is 0 Å². The third kappa shape index (κ3) is 6.21. The number of amides is 1. The molecule has 1 aliphatic rings. The average Bonchev–Trinajstić information content (AvgIpc) is 3.62. The SMILES string of the molecule is NC(=O)Cc1ccc(CNc2cc(N(Cc3ccc(C(F)(F)F)cc3)C3CC3)ncn2)cc1. The maximum Gasteiger partial charge on any atom is 0.416 e. The molecule has 1 saturated carbocycles. The number of primary amides is 1. The summed E-state index contributed by atoms with van der Waals surface area (Å²) in [6.07, 6.45) is -0.616. The van der Waals surface area contributed by atoms with Crippen LogP contribution in [0.4, 0.5) is 24.8 Å². The van der Waals surface area contributed by atoms with Crippen molar-refractivity contribution in [3.63, 3.8) is 0 Å². The van der Waals surface area contributed by atoms with Crippen molar-refractivity contribution in [2.45, 2.75) is 44.6 Å². The van der Waals surface area contributed by atoms with E-state index in [1.54, 1.807) is 0 Å². The van der Waals surface area contributed by atoms with Crippen LogP contribution in [0.1, 0.15) is 35.1 Å². The minimum Gasteiger partial charge on any atom is -0.369 e. The lowest BCUT2D eigenvalue weighted by Gasteiger charge is -2.24. The number of benzene rings is 2. The summed E-state index contributed by atoms with van der Waals surface area (Å²) >= 11 is 0. The van der Waals surface area contributed by atoms with Gasteiger partial charge >= 0.3 is 6.18 Å². The number of rotatable bonds is 9. The first-order chi connectivity index (χ1) is 15.8. The Balaban J connectivity index is 1.42. The van der Waals surface area contributed by atoms with Gasteiger partial charge in [-0.05, 0) is 41.7 Å². The van der Waals surface area contributed by atoms with Gasteiger partial charge in [0.2, 0.25) is 5.91 Å². The largest absolute Gasteiger partial charge is 0.416 e. The van der Waals surface area contributed by atoms with Gasteiger partial charge in [-0.25, -0.2) is 9.97 Å². The monoisotopic (exact) mass is 455 g/mol. The van der Waals surface area contributed by atoms with Gasteiger partial charge in [0.1, 0.15) is 18.0 Å². The smallest absolute Gasteiger partial charge is 0.369 e. The molecular formula is C24H24F3N5O. The molecule has 0 atom stereocenters. The maximum atomic E-state index is 12.8. The van der Waals surface area contributed by atoms with E-state index in [9.17, 15) is 18.0 Å². The Kier molecular flexibility index (Phi) is 6.48. The molecule has 0 aliphatic heterocycles. The Labute approximate surface area is 189 Å². The molecule has 0 radical (unpaired) electrons. The molecule has 0 bridgehead atoms. The van der Waals surface area contributed by atoms with Crippen molar-refractivity contribution in [3.05, 3.63) is 83.2 Å². The second-order valence-corrected chi connectivity index (χ2v) is 8.13. The molecule has 1 aromatic heterocycles. The Hall–Kier alpha value is -3.62. The number of nitrogens with one attached hydrogen (secondary N) is 1. The number of anilines is 2. The second-order valence-electron chi connectivity index (χ2n) is 8.13. The van der Waals surface area contributed by atoms with Gasteiger partial charge in [0, 0.05) is 25.2 Å². The zero-order chi connectivity index (χ0) is 23.4. The fraction of sp³-hybridized carbons (Fsp3) is 0.292. The molecule has 172 valence electrons. The predicted molar refractivity (Wildman–Crippen MR) is 119 cm³/mol. The van der Waals surface area contributed by atoms with Crippen molar-refractivity contribution in [1.82, 2.24) is 9.97 Å². The van der Waals surface area contributed by atoms with Crippen LogP contribution in [0.25, 0.3) is 0 Å². The molecular weight excluding hydrogens is 431 g/mol. The van der Waals surface area contributed by atoms with Gasteiger partial charge in [0.25, 0.3) is 0 Å². The first kappa shape index (κ1) is 22.6. The summed E-state index contributed by atoms with van der Waals surface area (Å²) in [4.78, 5) is 21.8. The first-order valence-electron chi connectivity index (χ1n) is 10.6. The molecule has 6 nitrogen and oxygen atoms in total. The van der Waals surface area contributed by atoms with Crippen LogP contribution in [-0.2, 0) is 30.5 Å². The minimum atomic E-state index is -4.34. The molecule has 4 rings (SSSR count). The molecule has 0 unspecified atom stereocenters. The molecule has 9 heteroatoms. The highest BCUT2D eigenvalue weighted by Crippen LogP contribution is 2.34. The molecule has 1 amide bonds. The van der Waals surface area contributed by atoms with Crippen LogP contribution in [0, 0.1) is 0 Å². The number of hydrogen-bond acceptors (Lipinski definition) is 5. The van der Waals surface area contributed by atoms with E-state index in [0.29, 0.717) is 24.9 Å². The van der Waals surface area contributed by atoms with E-state index >= 15 is 0 Å². The van der Waals surface area contributed by atoms with E-state index in [2.05, 4.69) is 20.2 Å². The summed E-state index contributed by atoms with van der Waals surface area (Å²) in [5.74, 6) is 1.01. The molecule has 1 fully saturated rings. The van der Waals surface area contributed by atoms with E-state index in [0.717, 1.165) is 47.5 Å². The summed E-state index contributed by atoms with van der Waals surface area (Å²) < 4.78 is 38.5. The van der Waals surface area contributed by atoms with Crippen LogP contribution in [0.15, 0.2) is 60.9 Å². The van der Waals surface area contributed by atoms with Crippen LogP contribution >= 0.6 is 0 Å². The van der Waals surface area contributed by atoms with E-state index in [1.165, 1.54) is 18.5 Å². The lowest BCUT2D eigenvalue weighted by molar-refractivity contribution is -0.137. The van der Waals surface area contributed by atoms with Gasteiger partial charge in [-0.2, -0.15) is 13.2 Å². The summed E-state index contributed by atoms with van der Waals surface area (Å²) in [6.45, 7) is 1.01. The van der Waals surface area contributed by atoms with Gasteiger partial charge in [-0.3, -0.25) is 4.79 Å². The first-order valence-corrected chi connectivity index (χ1v) is 10.6. The fourth-order valence-electron chi connectivity index (χ4n) is 3.55. The molecule has 2 aromatic carbocycles. The normalized spacial score (nSPS) is 13.5. The Bertz CT molecular complexity index is 1100. The van der Waals surface area contributed by atoms with Crippen LogP contribution in [0.3, 0.4) is 0 Å². The molecule has 0 spiro atoms. The van der Waals surface area contributed by atoms with Gasteiger partial charge in [-0.15, -0.1) is 0 Å². The number of nitrogens with zero attached hydrogens (tertiary/aromatic N) is 3. The lowest BCUT2D eigenvalue weighted by atomic mass is 10.1. The molecule has 33 heavy (non-hydrogen) atoms. The Morgan fingerprint density at radius 2 is 1.64 bits per heavy atom. The number of hydrogen-bond donors (Lipinski definition) is 2. The number of nitrogens with two attached hydrogens (primary N) is 1. The number of alkyl halides is 3. The number of carbonyl (C=O) groups is 1. The third-order valence-corrected chi connectivity index (χ3v) is 5.44. The van der Waals surface area contributed by atoms with E-state index < -0.39 is 11.7 Å². The van der Waals surface area contributed by atoms with Gasteiger partial charge in [0.15, 0.2) is 0 Å². The van der Waals surface area contributed by atoms with Crippen LogP contribution in [0.5, 0.6) is 0 Å². The molecule has 0 saturated heterocycles. The third-order valence-electron chi connectivity index (χ3n) is 5.44. The van der Waals surface area contributed by atoms with E-state index in [4.69, 9.17) is 5.73 Å². The van der Waals surface area contributed by atoms with Crippen LogP contribution in [-0.4, -0.2) is 21.9 Å². The van der Waals surface area contributed by atoms with Crippen molar-refractivity contribution < 1.29 is 18.0 Å². The fourth-order valence-corrected chi connectivity index (χ4v) is 3.55. The van der Waals surface area contributed by atoms with Crippen molar-refractivity contribution >= 4 is 17.5 Å². The van der Waals surface area contributed by atoms with Gasteiger partial charge < -0.3 is 16.0 Å². The Morgan fingerprint density at radius 3 is 2.24 bits per heavy atom. The van der Waals surface area contributed by atoms with E-state index in [-0.39, 0.29) is 12.3 Å². The highest BCUT2D eigenvalue weighted by Gasteiger charge is 2.32. The molecule has 1 heterocycles. The summed E-state index contributed by atoms with van der Waals surface area (Å²) in [5, 5.41) is 3.27. The van der Waals surface area contributed by atoms with E-state index in [1.807, 2.05) is 30.3 Å². The van der Waals surface area contributed by atoms with Gasteiger partial charge in [-0.1, -0.05) is 36.4 Å².